The summed E-state index contributed by atoms with van der Waals surface area (Å²) in [5.74, 6) is 0.262. The van der Waals surface area contributed by atoms with Gasteiger partial charge in [0.05, 0.1) is 11.6 Å². The number of nitrogens with zero attached hydrogens (tertiary/aromatic N) is 4. The number of carbonyl (C=O) groups is 2. The predicted molar refractivity (Wildman–Crippen MR) is 107 cm³/mol. The van der Waals surface area contributed by atoms with Gasteiger partial charge < -0.3 is 10.1 Å². The van der Waals surface area contributed by atoms with Gasteiger partial charge in [0.1, 0.15) is 5.00 Å². The molecule has 1 N–H and O–H groups in total. The van der Waals surface area contributed by atoms with Crippen molar-refractivity contribution in [3.63, 3.8) is 0 Å². The van der Waals surface area contributed by atoms with Gasteiger partial charge in [0.2, 0.25) is 5.91 Å². The molecule has 0 aromatic carbocycles. The highest BCUT2D eigenvalue weighted by atomic mass is 32.1. The summed E-state index contributed by atoms with van der Waals surface area (Å²) in [6.45, 7) is 0.0446. The molecule has 2 heterocycles. The Bertz CT molecular complexity index is 927. The van der Waals surface area contributed by atoms with E-state index in [0.717, 1.165) is 63.4 Å². The molecule has 0 saturated heterocycles. The van der Waals surface area contributed by atoms with Crippen LogP contribution < -0.4 is 5.32 Å². The molecular formula is C20H25N5O3S. The monoisotopic (exact) mass is 415 g/mol. The number of rotatable bonds is 6. The van der Waals surface area contributed by atoms with Crippen molar-refractivity contribution >= 4 is 28.2 Å². The summed E-state index contributed by atoms with van der Waals surface area (Å²) in [5, 5.41) is 15.4. The molecule has 1 amide bonds. The summed E-state index contributed by atoms with van der Waals surface area (Å²) in [5.41, 5.74) is 1.58. The Kier molecular flexibility index (Phi) is 5.07. The average Bonchev–Trinajstić information content (AvgIpc) is 3.14. The molecular weight excluding hydrogens is 390 g/mol. The second kappa shape index (κ2) is 7.85. The van der Waals surface area contributed by atoms with Crippen molar-refractivity contribution in [2.75, 3.05) is 5.32 Å². The first kappa shape index (κ1) is 18.7. The number of tetrazole rings is 1. The van der Waals surface area contributed by atoms with E-state index in [1.54, 1.807) is 4.68 Å². The first-order valence-electron chi connectivity index (χ1n) is 10.6. The molecule has 154 valence electrons. The lowest BCUT2D eigenvalue weighted by atomic mass is 9.89. The normalized spacial score (nSPS) is 19.2. The lowest BCUT2D eigenvalue weighted by Gasteiger charge is -2.20. The van der Waals surface area contributed by atoms with Crippen molar-refractivity contribution in [1.29, 1.82) is 0 Å². The maximum atomic E-state index is 13.0. The number of fused-ring (bicyclic) bond motifs is 1. The summed E-state index contributed by atoms with van der Waals surface area (Å²) in [4.78, 5) is 26.9. The Balaban J connectivity index is 1.32. The second-order valence-corrected chi connectivity index (χ2v) is 9.34. The zero-order chi connectivity index (χ0) is 19.8. The summed E-state index contributed by atoms with van der Waals surface area (Å²) < 4.78 is 7.34. The maximum absolute atomic E-state index is 13.0. The SMILES string of the molecule is O=C(OCc1nnnn1C1CC1)c1c(NC(=O)C2CCCCC2)sc2c1CCC2. The van der Waals surface area contributed by atoms with E-state index in [1.807, 2.05) is 0 Å². The van der Waals surface area contributed by atoms with Crippen LogP contribution in [0.5, 0.6) is 0 Å². The van der Waals surface area contributed by atoms with Crippen LogP contribution in [0.4, 0.5) is 5.00 Å². The molecule has 5 rings (SSSR count). The molecule has 2 aromatic heterocycles. The van der Waals surface area contributed by atoms with Crippen molar-refractivity contribution in [3.05, 3.63) is 21.8 Å². The van der Waals surface area contributed by atoms with Crippen LogP contribution in [0.2, 0.25) is 0 Å². The molecule has 0 atom stereocenters. The quantitative estimate of drug-likeness (QED) is 0.726. The molecule has 0 radical (unpaired) electrons. The number of anilines is 1. The van der Waals surface area contributed by atoms with Crippen molar-refractivity contribution < 1.29 is 14.3 Å². The number of hydrogen-bond acceptors (Lipinski definition) is 7. The number of aromatic nitrogens is 4. The fourth-order valence-corrected chi connectivity index (χ4v) is 5.68. The van der Waals surface area contributed by atoms with Crippen LogP contribution in [-0.2, 0) is 29.0 Å². The van der Waals surface area contributed by atoms with Gasteiger partial charge in [-0.05, 0) is 60.9 Å². The van der Waals surface area contributed by atoms with E-state index in [4.69, 9.17) is 4.74 Å². The third kappa shape index (κ3) is 3.80. The van der Waals surface area contributed by atoms with E-state index in [-0.39, 0.29) is 18.4 Å². The van der Waals surface area contributed by atoms with E-state index in [1.165, 1.54) is 22.6 Å². The van der Waals surface area contributed by atoms with Gasteiger partial charge in [-0.2, -0.15) is 0 Å². The Morgan fingerprint density at radius 2 is 1.93 bits per heavy atom. The van der Waals surface area contributed by atoms with Gasteiger partial charge in [-0.1, -0.05) is 19.3 Å². The molecule has 9 heteroatoms. The zero-order valence-electron chi connectivity index (χ0n) is 16.4. The Hall–Kier alpha value is -2.29. The maximum Gasteiger partial charge on any atom is 0.341 e. The molecule has 0 spiro atoms. The number of carbonyl (C=O) groups excluding carboxylic acids is 2. The summed E-state index contributed by atoms with van der Waals surface area (Å²) in [6, 6.07) is 0.328. The van der Waals surface area contributed by atoms with E-state index >= 15 is 0 Å². The summed E-state index contributed by atoms with van der Waals surface area (Å²) >= 11 is 1.53. The number of hydrogen-bond donors (Lipinski definition) is 1. The van der Waals surface area contributed by atoms with Gasteiger partial charge in [-0.25, -0.2) is 9.48 Å². The van der Waals surface area contributed by atoms with Crippen LogP contribution >= 0.6 is 11.3 Å². The molecule has 2 fully saturated rings. The number of thiophene rings is 1. The second-order valence-electron chi connectivity index (χ2n) is 8.23. The summed E-state index contributed by atoms with van der Waals surface area (Å²) in [7, 11) is 0. The first-order valence-corrected chi connectivity index (χ1v) is 11.4. The van der Waals surface area contributed by atoms with Gasteiger partial charge in [0.25, 0.3) is 0 Å². The van der Waals surface area contributed by atoms with Gasteiger partial charge in [-0.15, -0.1) is 16.4 Å². The van der Waals surface area contributed by atoms with Crippen LogP contribution in [0, 0.1) is 5.92 Å². The predicted octanol–water partition coefficient (Wildman–Crippen LogP) is 3.43. The van der Waals surface area contributed by atoms with Gasteiger partial charge in [-0.3, -0.25) is 4.79 Å². The van der Waals surface area contributed by atoms with Gasteiger partial charge in [0.15, 0.2) is 12.4 Å². The lowest BCUT2D eigenvalue weighted by Crippen LogP contribution is -2.25. The third-order valence-corrected chi connectivity index (χ3v) is 7.33. The fourth-order valence-electron chi connectivity index (χ4n) is 4.40. The highest BCUT2D eigenvalue weighted by Crippen LogP contribution is 2.40. The van der Waals surface area contributed by atoms with Crippen LogP contribution in [0.15, 0.2) is 0 Å². The lowest BCUT2D eigenvalue weighted by molar-refractivity contribution is -0.120. The van der Waals surface area contributed by atoms with E-state index in [9.17, 15) is 9.59 Å². The topological polar surface area (TPSA) is 99.0 Å². The fraction of sp³-hybridized carbons (Fsp3) is 0.650. The van der Waals surface area contributed by atoms with E-state index in [2.05, 4.69) is 20.8 Å². The molecule has 3 aliphatic carbocycles. The summed E-state index contributed by atoms with van der Waals surface area (Å²) in [6.07, 6.45) is 10.2. The molecule has 3 aliphatic rings. The highest BCUT2D eigenvalue weighted by molar-refractivity contribution is 7.17. The van der Waals surface area contributed by atoms with Crippen molar-refractivity contribution in [3.8, 4) is 0 Å². The molecule has 2 saturated carbocycles. The number of esters is 1. The van der Waals surface area contributed by atoms with Crippen LogP contribution in [0.3, 0.4) is 0 Å². The number of aryl methyl sites for hydroxylation is 1. The highest BCUT2D eigenvalue weighted by Gasteiger charge is 2.31. The Morgan fingerprint density at radius 1 is 1.10 bits per heavy atom. The molecule has 0 unspecified atom stereocenters. The van der Waals surface area contributed by atoms with Gasteiger partial charge in [0, 0.05) is 10.8 Å². The standard InChI is InChI=1S/C20H25N5O3S/c26-18(12-5-2-1-3-6-12)21-19-17(14-7-4-8-15(14)29-19)20(27)28-11-16-22-23-24-25(16)13-9-10-13/h12-13H,1-11H2,(H,21,26). The molecule has 2 aromatic rings. The molecule has 0 bridgehead atoms. The minimum atomic E-state index is -0.395. The third-order valence-electron chi connectivity index (χ3n) is 6.12. The largest absolute Gasteiger partial charge is 0.454 e. The smallest absolute Gasteiger partial charge is 0.341 e. The van der Waals surface area contributed by atoms with Crippen molar-refractivity contribution in [2.45, 2.75) is 76.9 Å². The minimum Gasteiger partial charge on any atom is -0.454 e. The Morgan fingerprint density at radius 3 is 2.72 bits per heavy atom. The Labute approximate surface area is 173 Å². The number of ether oxygens (including phenoxy) is 1. The van der Waals surface area contributed by atoms with Crippen molar-refractivity contribution in [1.82, 2.24) is 20.2 Å². The minimum absolute atomic E-state index is 0.0383. The van der Waals surface area contributed by atoms with Gasteiger partial charge >= 0.3 is 5.97 Å². The van der Waals surface area contributed by atoms with E-state index in [0.29, 0.717) is 22.4 Å². The molecule has 29 heavy (non-hydrogen) atoms. The van der Waals surface area contributed by atoms with E-state index < -0.39 is 5.97 Å². The van der Waals surface area contributed by atoms with Crippen LogP contribution in [0.25, 0.3) is 0 Å². The molecule has 8 nitrogen and oxygen atoms in total. The average molecular weight is 416 g/mol. The number of nitrogens with one attached hydrogen (secondary N) is 1. The van der Waals surface area contributed by atoms with Crippen LogP contribution in [0.1, 0.15) is 84.0 Å². The number of amides is 1. The van der Waals surface area contributed by atoms with Crippen LogP contribution in [-0.4, -0.2) is 32.1 Å². The zero-order valence-corrected chi connectivity index (χ0v) is 17.2. The first-order chi connectivity index (χ1) is 14.2. The molecule has 0 aliphatic heterocycles. The van der Waals surface area contributed by atoms with Crippen molar-refractivity contribution in [2.24, 2.45) is 5.92 Å².